The van der Waals surface area contributed by atoms with Gasteiger partial charge in [-0.3, -0.25) is 0 Å². The monoisotopic (exact) mass is 325 g/mol. The first-order valence-electron chi connectivity index (χ1n) is 6.82. The van der Waals surface area contributed by atoms with Gasteiger partial charge >= 0.3 is 5.97 Å². The van der Waals surface area contributed by atoms with Gasteiger partial charge in [0.15, 0.2) is 11.5 Å². The summed E-state index contributed by atoms with van der Waals surface area (Å²) in [6.45, 7) is 0. The predicted molar refractivity (Wildman–Crippen MR) is 88.7 cm³/mol. The molecule has 0 amide bonds. The van der Waals surface area contributed by atoms with Gasteiger partial charge in [-0.05, 0) is 29.8 Å². The van der Waals surface area contributed by atoms with Crippen molar-refractivity contribution < 1.29 is 9.90 Å². The lowest BCUT2D eigenvalue weighted by Gasteiger charge is -2.05. The fourth-order valence-corrected chi connectivity index (χ4v) is 2.27. The zero-order valence-corrected chi connectivity index (χ0v) is 12.7. The van der Waals surface area contributed by atoms with E-state index in [1.54, 1.807) is 24.4 Å². The van der Waals surface area contributed by atoms with Gasteiger partial charge in [0, 0.05) is 6.20 Å². The summed E-state index contributed by atoms with van der Waals surface area (Å²) >= 11 is 6.14. The highest BCUT2D eigenvalue weighted by Crippen LogP contribution is 2.20. The van der Waals surface area contributed by atoms with Crippen molar-refractivity contribution in [2.75, 3.05) is 0 Å². The molecule has 2 heterocycles. The van der Waals surface area contributed by atoms with Crippen LogP contribution in [0.15, 0.2) is 54.7 Å². The summed E-state index contributed by atoms with van der Waals surface area (Å²) in [4.78, 5) is 15.4. The third kappa shape index (κ3) is 3.30. The third-order valence-corrected chi connectivity index (χ3v) is 3.44. The Hall–Kier alpha value is -2.92. The van der Waals surface area contributed by atoms with Crippen molar-refractivity contribution >= 4 is 29.7 Å². The van der Waals surface area contributed by atoms with Crippen LogP contribution in [-0.2, 0) is 0 Å². The Balaban J connectivity index is 2.07. The summed E-state index contributed by atoms with van der Waals surface area (Å²) in [6.07, 6.45) is 5.23. The Kier molecular flexibility index (Phi) is 4.21. The van der Waals surface area contributed by atoms with E-state index >= 15 is 0 Å². The summed E-state index contributed by atoms with van der Waals surface area (Å²) in [5, 5.41) is 13.6. The summed E-state index contributed by atoms with van der Waals surface area (Å²) in [5.41, 5.74) is 1.50. The van der Waals surface area contributed by atoms with Gasteiger partial charge in [0.25, 0.3) is 0 Å². The molecule has 3 rings (SSSR count). The topological polar surface area (TPSA) is 68.0 Å². The minimum Gasteiger partial charge on any atom is -0.476 e. The zero-order valence-electron chi connectivity index (χ0n) is 11.9. The standard InChI is InChI=1S/C17H12ClN3O2/c18-14-7-4-10-19-16(14)21-13(11-15(20-21)17(22)23)9-8-12-5-2-1-3-6-12/h1-11H,(H,22,23). The Bertz CT molecular complexity index is 873. The maximum atomic E-state index is 11.2. The molecule has 0 radical (unpaired) electrons. The van der Waals surface area contributed by atoms with Crippen LogP contribution in [-0.4, -0.2) is 25.8 Å². The van der Waals surface area contributed by atoms with E-state index in [-0.39, 0.29) is 5.69 Å². The highest BCUT2D eigenvalue weighted by atomic mass is 35.5. The fraction of sp³-hybridized carbons (Fsp3) is 0. The molecule has 0 unspecified atom stereocenters. The third-order valence-electron chi connectivity index (χ3n) is 3.14. The molecule has 6 heteroatoms. The van der Waals surface area contributed by atoms with E-state index < -0.39 is 5.97 Å². The molecular weight excluding hydrogens is 314 g/mol. The van der Waals surface area contributed by atoms with Crippen LogP contribution >= 0.6 is 11.6 Å². The fourth-order valence-electron chi connectivity index (χ4n) is 2.07. The average molecular weight is 326 g/mol. The molecular formula is C17H12ClN3O2. The molecule has 0 saturated heterocycles. The number of carbonyl (C=O) groups is 1. The molecule has 0 spiro atoms. The van der Waals surface area contributed by atoms with Gasteiger partial charge in [0.1, 0.15) is 0 Å². The number of halogens is 1. The van der Waals surface area contributed by atoms with Crippen LogP contribution in [0.1, 0.15) is 21.7 Å². The first kappa shape index (κ1) is 15.0. The van der Waals surface area contributed by atoms with Crippen LogP contribution in [0.4, 0.5) is 0 Å². The minimum absolute atomic E-state index is 0.0700. The molecule has 1 aromatic carbocycles. The van der Waals surface area contributed by atoms with Crippen molar-refractivity contribution in [2.24, 2.45) is 0 Å². The van der Waals surface area contributed by atoms with Crippen molar-refractivity contribution in [2.45, 2.75) is 0 Å². The number of nitrogens with zero attached hydrogens (tertiary/aromatic N) is 3. The van der Waals surface area contributed by atoms with E-state index in [1.807, 2.05) is 36.4 Å². The lowest BCUT2D eigenvalue weighted by atomic mass is 10.2. The summed E-state index contributed by atoms with van der Waals surface area (Å²) in [5.74, 6) is -0.723. The smallest absolute Gasteiger partial charge is 0.356 e. The zero-order chi connectivity index (χ0) is 16.2. The number of carboxylic acid groups (broad SMARTS) is 1. The quantitative estimate of drug-likeness (QED) is 0.792. The molecule has 0 bridgehead atoms. The largest absolute Gasteiger partial charge is 0.476 e. The van der Waals surface area contributed by atoms with Crippen molar-refractivity contribution in [3.05, 3.63) is 76.7 Å². The summed E-state index contributed by atoms with van der Waals surface area (Å²) in [7, 11) is 0. The number of rotatable bonds is 4. The maximum absolute atomic E-state index is 11.2. The second-order valence-electron chi connectivity index (χ2n) is 4.72. The normalized spacial score (nSPS) is 11.0. The molecule has 2 aromatic heterocycles. The highest BCUT2D eigenvalue weighted by Gasteiger charge is 2.15. The van der Waals surface area contributed by atoms with Gasteiger partial charge in [-0.15, -0.1) is 0 Å². The molecule has 0 atom stereocenters. The molecule has 114 valence electrons. The molecule has 0 aliphatic rings. The van der Waals surface area contributed by atoms with Crippen LogP contribution in [0.2, 0.25) is 5.02 Å². The Morgan fingerprint density at radius 3 is 2.61 bits per heavy atom. The number of aromatic nitrogens is 3. The molecule has 0 aliphatic carbocycles. The van der Waals surface area contributed by atoms with Gasteiger partial charge in [-0.2, -0.15) is 5.10 Å². The second-order valence-corrected chi connectivity index (χ2v) is 5.13. The predicted octanol–water partition coefficient (Wildman–Crippen LogP) is 3.79. The van der Waals surface area contributed by atoms with E-state index in [4.69, 9.17) is 11.6 Å². The average Bonchev–Trinajstić information content (AvgIpc) is 2.99. The van der Waals surface area contributed by atoms with E-state index in [9.17, 15) is 9.90 Å². The number of aromatic carboxylic acids is 1. The van der Waals surface area contributed by atoms with Gasteiger partial charge in [-0.25, -0.2) is 14.5 Å². The maximum Gasteiger partial charge on any atom is 0.356 e. The van der Waals surface area contributed by atoms with E-state index in [0.717, 1.165) is 5.56 Å². The van der Waals surface area contributed by atoms with Crippen LogP contribution in [0.25, 0.3) is 18.0 Å². The molecule has 23 heavy (non-hydrogen) atoms. The Morgan fingerprint density at radius 1 is 1.13 bits per heavy atom. The molecule has 5 nitrogen and oxygen atoms in total. The van der Waals surface area contributed by atoms with Crippen LogP contribution in [0.3, 0.4) is 0 Å². The first-order valence-corrected chi connectivity index (χ1v) is 7.20. The number of hydrogen-bond donors (Lipinski definition) is 1. The number of pyridine rings is 1. The van der Waals surface area contributed by atoms with Crippen LogP contribution in [0, 0.1) is 0 Å². The molecule has 1 N–H and O–H groups in total. The van der Waals surface area contributed by atoms with E-state index in [1.165, 1.54) is 10.7 Å². The van der Waals surface area contributed by atoms with Crippen LogP contribution in [0.5, 0.6) is 0 Å². The highest BCUT2D eigenvalue weighted by molar-refractivity contribution is 6.32. The van der Waals surface area contributed by atoms with Crippen molar-refractivity contribution in [1.82, 2.24) is 14.8 Å². The van der Waals surface area contributed by atoms with Gasteiger partial charge in [0.2, 0.25) is 0 Å². The minimum atomic E-state index is -1.11. The summed E-state index contributed by atoms with van der Waals surface area (Å²) < 4.78 is 1.42. The number of carboxylic acids is 1. The summed E-state index contributed by atoms with van der Waals surface area (Å²) in [6, 6.07) is 14.5. The molecule has 0 aliphatic heterocycles. The number of hydrogen-bond acceptors (Lipinski definition) is 3. The Morgan fingerprint density at radius 2 is 1.91 bits per heavy atom. The molecule has 0 fully saturated rings. The van der Waals surface area contributed by atoms with Gasteiger partial charge < -0.3 is 5.11 Å². The number of benzene rings is 1. The Labute approximate surface area is 137 Å². The first-order chi connectivity index (χ1) is 11.1. The van der Waals surface area contributed by atoms with Crippen molar-refractivity contribution in [3.63, 3.8) is 0 Å². The second kappa shape index (κ2) is 6.46. The molecule has 0 saturated carbocycles. The lowest BCUT2D eigenvalue weighted by molar-refractivity contribution is 0.0690. The SMILES string of the molecule is O=C(O)c1cc(C=Cc2ccccc2)n(-c2ncccc2Cl)n1. The van der Waals surface area contributed by atoms with Crippen molar-refractivity contribution in [1.29, 1.82) is 0 Å². The van der Waals surface area contributed by atoms with E-state index in [0.29, 0.717) is 16.5 Å². The van der Waals surface area contributed by atoms with Gasteiger partial charge in [-0.1, -0.05) is 48.0 Å². The molecule has 3 aromatic rings. The lowest BCUT2D eigenvalue weighted by Crippen LogP contribution is -2.04. The van der Waals surface area contributed by atoms with Gasteiger partial charge in [0.05, 0.1) is 10.7 Å². The van der Waals surface area contributed by atoms with Crippen molar-refractivity contribution in [3.8, 4) is 5.82 Å². The van der Waals surface area contributed by atoms with E-state index in [2.05, 4.69) is 10.1 Å². The van der Waals surface area contributed by atoms with Crippen LogP contribution < -0.4 is 0 Å².